The molecule has 3 aromatic carbocycles. The van der Waals surface area contributed by atoms with Crippen LogP contribution in [-0.4, -0.2) is 25.7 Å². The van der Waals surface area contributed by atoms with Gasteiger partial charge in [-0.1, -0.05) is 41.6 Å². The Morgan fingerprint density at radius 1 is 0.941 bits per heavy atom. The Labute approximate surface area is 194 Å². The van der Waals surface area contributed by atoms with Crippen molar-refractivity contribution in [1.29, 1.82) is 0 Å². The molecule has 0 bridgehead atoms. The molecule has 0 spiro atoms. The smallest absolute Gasteiger partial charge is 0.338 e. The van der Waals surface area contributed by atoms with E-state index in [1.165, 1.54) is 4.57 Å². The predicted octanol–water partition coefficient (Wildman–Crippen LogP) is 4.41. The molecule has 8 heteroatoms. The van der Waals surface area contributed by atoms with E-state index >= 15 is 0 Å². The van der Waals surface area contributed by atoms with E-state index in [2.05, 4.69) is 15.1 Å². The number of hydrogen-bond acceptors (Lipinski definition) is 7. The van der Waals surface area contributed by atoms with Crippen LogP contribution in [0.25, 0.3) is 28.0 Å². The first-order valence-electron chi connectivity index (χ1n) is 10.7. The number of para-hydroxylation sites is 1. The Hall–Kier alpha value is -4.59. The number of benzene rings is 3. The molecule has 5 rings (SSSR count). The Morgan fingerprint density at radius 3 is 2.47 bits per heavy atom. The maximum absolute atomic E-state index is 13.0. The molecule has 8 nitrogen and oxygen atoms in total. The predicted molar refractivity (Wildman–Crippen MR) is 126 cm³/mol. The molecule has 0 N–H and O–H groups in total. The van der Waals surface area contributed by atoms with Crippen molar-refractivity contribution in [3.63, 3.8) is 0 Å². The zero-order chi connectivity index (χ0) is 23.7. The van der Waals surface area contributed by atoms with Crippen molar-refractivity contribution in [3.8, 4) is 17.1 Å². The second-order valence-electron chi connectivity index (χ2n) is 7.77. The Balaban J connectivity index is 1.31. The average molecular weight is 452 g/mol. The molecule has 0 aliphatic heterocycles. The molecule has 2 heterocycles. The van der Waals surface area contributed by atoms with E-state index < -0.39 is 5.97 Å². The summed E-state index contributed by atoms with van der Waals surface area (Å²) >= 11 is 0. The van der Waals surface area contributed by atoms with Gasteiger partial charge in [0.2, 0.25) is 5.82 Å². The quantitative estimate of drug-likeness (QED) is 0.364. The van der Waals surface area contributed by atoms with Gasteiger partial charge in [-0.05, 0) is 55.8 Å². The molecule has 0 fully saturated rings. The van der Waals surface area contributed by atoms with Gasteiger partial charge in [-0.15, -0.1) is 0 Å². The molecular weight excluding hydrogens is 432 g/mol. The zero-order valence-corrected chi connectivity index (χ0v) is 18.6. The van der Waals surface area contributed by atoms with Gasteiger partial charge in [-0.3, -0.25) is 9.36 Å². The molecular formula is C26H20N4O4. The normalized spacial score (nSPS) is 11.0. The van der Waals surface area contributed by atoms with Gasteiger partial charge in [0.1, 0.15) is 5.82 Å². The van der Waals surface area contributed by atoms with Crippen LogP contribution < -0.4 is 5.56 Å². The minimum Gasteiger partial charge on any atom is -0.452 e. The number of fused-ring (bicyclic) bond motifs is 1. The van der Waals surface area contributed by atoms with E-state index in [1.54, 1.807) is 49.4 Å². The van der Waals surface area contributed by atoms with Crippen LogP contribution in [0.2, 0.25) is 0 Å². The fraction of sp³-hybridized carbons (Fsp3) is 0.115. The van der Waals surface area contributed by atoms with Crippen LogP contribution in [-0.2, 0) is 11.3 Å². The summed E-state index contributed by atoms with van der Waals surface area (Å²) in [5.74, 6) is 0.661. The molecule has 0 aliphatic rings. The van der Waals surface area contributed by atoms with E-state index in [-0.39, 0.29) is 18.1 Å². The molecule has 34 heavy (non-hydrogen) atoms. The first-order valence-corrected chi connectivity index (χ1v) is 10.7. The van der Waals surface area contributed by atoms with Crippen molar-refractivity contribution in [2.75, 3.05) is 0 Å². The standard InChI is InChI=1S/C26H20N4O4/c1-16-7-3-4-8-20(16)24-28-23(34-29-24)15-33-26(32)18-11-13-19(14-12-18)30-17(2)27-22-10-6-5-9-21(22)25(30)31/h3-14H,15H2,1-2H3. The molecule has 0 atom stereocenters. The number of rotatable bonds is 5. The second-order valence-corrected chi connectivity index (χ2v) is 7.77. The summed E-state index contributed by atoms with van der Waals surface area (Å²) in [6.45, 7) is 3.58. The molecule has 0 amide bonds. The van der Waals surface area contributed by atoms with Gasteiger partial charge in [0.15, 0.2) is 6.61 Å². The van der Waals surface area contributed by atoms with Gasteiger partial charge >= 0.3 is 5.97 Å². The maximum Gasteiger partial charge on any atom is 0.338 e. The summed E-state index contributed by atoms with van der Waals surface area (Å²) < 4.78 is 12.1. The van der Waals surface area contributed by atoms with Gasteiger partial charge in [0.25, 0.3) is 11.4 Å². The molecule has 168 valence electrons. The number of esters is 1. The summed E-state index contributed by atoms with van der Waals surface area (Å²) in [7, 11) is 0. The lowest BCUT2D eigenvalue weighted by molar-refractivity contribution is 0.0430. The number of carbonyl (C=O) groups is 1. The molecule has 0 saturated heterocycles. The fourth-order valence-electron chi connectivity index (χ4n) is 3.75. The highest BCUT2D eigenvalue weighted by Gasteiger charge is 2.15. The van der Waals surface area contributed by atoms with Crippen LogP contribution in [0.5, 0.6) is 0 Å². The van der Waals surface area contributed by atoms with Crippen LogP contribution in [0.15, 0.2) is 82.1 Å². The Bertz CT molecular complexity index is 1570. The summed E-state index contributed by atoms with van der Waals surface area (Å²) in [5, 5.41) is 4.49. The third-order valence-corrected chi connectivity index (χ3v) is 5.49. The van der Waals surface area contributed by atoms with E-state index in [0.717, 1.165) is 11.1 Å². The number of ether oxygens (including phenoxy) is 1. The highest BCUT2D eigenvalue weighted by Crippen LogP contribution is 2.20. The van der Waals surface area contributed by atoms with Crippen molar-refractivity contribution in [3.05, 3.63) is 106 Å². The topological polar surface area (TPSA) is 100 Å². The van der Waals surface area contributed by atoms with Gasteiger partial charge in [0, 0.05) is 5.56 Å². The molecule has 0 unspecified atom stereocenters. The second kappa shape index (κ2) is 8.74. The van der Waals surface area contributed by atoms with E-state index in [1.807, 2.05) is 37.3 Å². The van der Waals surface area contributed by atoms with Crippen LogP contribution in [0.1, 0.15) is 27.6 Å². The minimum atomic E-state index is -0.539. The largest absolute Gasteiger partial charge is 0.452 e. The summed E-state index contributed by atoms with van der Waals surface area (Å²) in [6.07, 6.45) is 0. The molecule has 5 aromatic rings. The third-order valence-electron chi connectivity index (χ3n) is 5.49. The van der Waals surface area contributed by atoms with Crippen molar-refractivity contribution in [2.45, 2.75) is 20.5 Å². The third kappa shape index (κ3) is 3.97. The number of aryl methyl sites for hydroxylation is 2. The minimum absolute atomic E-state index is 0.146. The number of hydrogen-bond donors (Lipinski definition) is 0. The summed E-state index contributed by atoms with van der Waals surface area (Å²) in [6, 6.07) is 21.5. The van der Waals surface area contributed by atoms with E-state index in [0.29, 0.717) is 33.8 Å². The van der Waals surface area contributed by atoms with Crippen molar-refractivity contribution < 1.29 is 14.1 Å². The summed E-state index contributed by atoms with van der Waals surface area (Å²) in [4.78, 5) is 34.3. The first-order chi connectivity index (χ1) is 16.5. The average Bonchev–Trinajstić information content (AvgIpc) is 3.32. The SMILES string of the molecule is Cc1ccccc1-c1noc(COC(=O)c2ccc(-n3c(C)nc4ccccc4c3=O)cc2)n1. The molecule has 0 aliphatic carbocycles. The van der Waals surface area contributed by atoms with Gasteiger partial charge < -0.3 is 9.26 Å². The lowest BCUT2D eigenvalue weighted by Crippen LogP contribution is -2.22. The van der Waals surface area contributed by atoms with E-state index in [4.69, 9.17) is 9.26 Å². The summed E-state index contributed by atoms with van der Waals surface area (Å²) in [5.41, 5.74) is 3.29. The molecule has 2 aromatic heterocycles. The number of nitrogens with zero attached hydrogens (tertiary/aromatic N) is 4. The van der Waals surface area contributed by atoms with Crippen molar-refractivity contribution >= 4 is 16.9 Å². The lowest BCUT2D eigenvalue weighted by Gasteiger charge is -2.11. The molecule has 0 saturated carbocycles. The highest BCUT2D eigenvalue weighted by molar-refractivity contribution is 5.89. The van der Waals surface area contributed by atoms with Crippen molar-refractivity contribution in [1.82, 2.24) is 19.7 Å². The van der Waals surface area contributed by atoms with Crippen LogP contribution in [0.3, 0.4) is 0 Å². The number of carbonyl (C=O) groups excluding carboxylic acids is 1. The highest BCUT2D eigenvalue weighted by atomic mass is 16.6. The first kappa shape index (κ1) is 21.3. The van der Waals surface area contributed by atoms with Gasteiger partial charge in [-0.2, -0.15) is 4.98 Å². The molecule has 0 radical (unpaired) electrons. The number of aromatic nitrogens is 4. The fourth-order valence-corrected chi connectivity index (χ4v) is 3.75. The van der Waals surface area contributed by atoms with Gasteiger partial charge in [-0.25, -0.2) is 9.78 Å². The van der Waals surface area contributed by atoms with Crippen LogP contribution in [0, 0.1) is 13.8 Å². The van der Waals surface area contributed by atoms with Crippen LogP contribution in [0.4, 0.5) is 0 Å². The van der Waals surface area contributed by atoms with Crippen molar-refractivity contribution in [2.24, 2.45) is 0 Å². The van der Waals surface area contributed by atoms with Crippen LogP contribution >= 0.6 is 0 Å². The Morgan fingerprint density at radius 2 is 1.68 bits per heavy atom. The lowest BCUT2D eigenvalue weighted by atomic mass is 10.1. The Kier molecular flexibility index (Phi) is 5.47. The maximum atomic E-state index is 13.0. The van der Waals surface area contributed by atoms with Gasteiger partial charge in [0.05, 0.1) is 22.2 Å². The van der Waals surface area contributed by atoms with E-state index in [9.17, 15) is 9.59 Å². The zero-order valence-electron chi connectivity index (χ0n) is 18.6. The monoisotopic (exact) mass is 452 g/mol.